The summed E-state index contributed by atoms with van der Waals surface area (Å²) in [5.41, 5.74) is 0.945. The molecule has 1 aliphatic rings. The Bertz CT molecular complexity index is 870. The van der Waals surface area contributed by atoms with E-state index in [1.54, 1.807) is 19.2 Å². The number of nitrogens with zero attached hydrogens (tertiary/aromatic N) is 4. The molecule has 4 rings (SSSR count). The Morgan fingerprint density at radius 3 is 2.88 bits per heavy atom. The molecular weight excluding hydrogens is 318 g/mol. The molecule has 3 aromatic rings. The monoisotopic (exact) mass is 337 g/mol. The van der Waals surface area contributed by atoms with Crippen LogP contribution in [0, 0.1) is 6.92 Å². The van der Waals surface area contributed by atoms with Gasteiger partial charge in [-0.05, 0) is 12.5 Å². The van der Waals surface area contributed by atoms with Crippen LogP contribution in [-0.2, 0) is 17.9 Å². The lowest BCUT2D eigenvalue weighted by molar-refractivity contribution is -0.122. The second-order valence-electron chi connectivity index (χ2n) is 6.13. The minimum absolute atomic E-state index is 0.125. The fourth-order valence-electron chi connectivity index (χ4n) is 3.20. The minimum Gasteiger partial charge on any atom is -0.360 e. The number of aromatic nitrogens is 3. The van der Waals surface area contributed by atoms with E-state index in [0.29, 0.717) is 18.1 Å². The van der Waals surface area contributed by atoms with Crippen molar-refractivity contribution in [1.82, 2.24) is 19.6 Å². The summed E-state index contributed by atoms with van der Waals surface area (Å²) in [6.07, 6.45) is 3.77. The Hall–Kier alpha value is -2.93. The number of hydrogen-bond donors (Lipinski definition) is 1. The zero-order valence-electron chi connectivity index (χ0n) is 13.9. The number of carbonyl (C=O) groups excluding carboxylic acids is 1. The van der Waals surface area contributed by atoms with Gasteiger partial charge in [0.2, 0.25) is 5.91 Å². The number of aryl methyl sites for hydroxylation is 1. The van der Waals surface area contributed by atoms with Crippen LogP contribution in [0.4, 0.5) is 5.82 Å². The largest absolute Gasteiger partial charge is 0.360 e. The van der Waals surface area contributed by atoms with E-state index in [1.807, 2.05) is 36.5 Å². The average Bonchev–Trinajstić information content (AvgIpc) is 3.24. The van der Waals surface area contributed by atoms with Gasteiger partial charge >= 0.3 is 0 Å². The highest BCUT2D eigenvalue weighted by Crippen LogP contribution is 2.26. The predicted molar refractivity (Wildman–Crippen MR) is 91.7 cm³/mol. The topological polar surface area (TPSA) is 76.2 Å². The third kappa shape index (κ3) is 3.18. The van der Waals surface area contributed by atoms with Crippen molar-refractivity contribution in [3.05, 3.63) is 65.9 Å². The summed E-state index contributed by atoms with van der Waals surface area (Å²) in [5, 5.41) is 6.73. The van der Waals surface area contributed by atoms with Crippen molar-refractivity contribution in [2.24, 2.45) is 0 Å². The molecule has 1 amide bonds. The predicted octanol–water partition coefficient (Wildman–Crippen LogP) is 2.38. The van der Waals surface area contributed by atoms with Gasteiger partial charge in [0.1, 0.15) is 17.6 Å². The van der Waals surface area contributed by atoms with Gasteiger partial charge in [-0.3, -0.25) is 9.69 Å². The number of rotatable bonds is 4. The van der Waals surface area contributed by atoms with Gasteiger partial charge in [-0.2, -0.15) is 0 Å². The average molecular weight is 337 g/mol. The van der Waals surface area contributed by atoms with Crippen LogP contribution in [0.2, 0.25) is 0 Å². The first-order valence-electron chi connectivity index (χ1n) is 8.24. The van der Waals surface area contributed by atoms with E-state index in [2.05, 4.69) is 24.9 Å². The molecule has 0 radical (unpaired) electrons. The summed E-state index contributed by atoms with van der Waals surface area (Å²) in [4.78, 5) is 19.5. The SMILES string of the molecule is Cc1cc(NC(=O)[C@H](c2ccccc2)N2CCn3ccnc3C2)no1. The standard InChI is InChI=1S/C18H19N5O2/c1-13-11-15(21-25-13)20-18(24)17(14-5-3-2-4-6-14)23-10-9-22-8-7-19-16(22)12-23/h2-8,11,17H,9-10,12H2,1H3,(H,20,21,24)/t17-/m0/s1. The lowest BCUT2D eigenvalue weighted by atomic mass is 10.0. The van der Waals surface area contributed by atoms with Crippen LogP contribution in [-0.4, -0.2) is 32.1 Å². The van der Waals surface area contributed by atoms with E-state index < -0.39 is 6.04 Å². The molecule has 25 heavy (non-hydrogen) atoms. The number of anilines is 1. The zero-order chi connectivity index (χ0) is 17.2. The lowest BCUT2D eigenvalue weighted by Gasteiger charge is -2.34. The number of carbonyl (C=O) groups is 1. The molecule has 128 valence electrons. The fourth-order valence-corrected chi connectivity index (χ4v) is 3.20. The summed E-state index contributed by atoms with van der Waals surface area (Å²) >= 11 is 0. The third-order valence-electron chi connectivity index (χ3n) is 4.38. The van der Waals surface area contributed by atoms with Crippen LogP contribution in [0.1, 0.15) is 23.2 Å². The van der Waals surface area contributed by atoms with Crippen molar-refractivity contribution in [3.63, 3.8) is 0 Å². The van der Waals surface area contributed by atoms with Gasteiger partial charge in [0.15, 0.2) is 5.82 Å². The number of hydrogen-bond acceptors (Lipinski definition) is 5. The molecule has 0 saturated heterocycles. The molecule has 2 aromatic heterocycles. The van der Waals surface area contributed by atoms with Gasteiger partial charge in [0.25, 0.3) is 0 Å². The van der Waals surface area contributed by atoms with Crippen LogP contribution >= 0.6 is 0 Å². The molecule has 0 aliphatic carbocycles. The molecule has 0 fully saturated rings. The fraction of sp³-hybridized carbons (Fsp3) is 0.278. The Balaban J connectivity index is 1.62. The van der Waals surface area contributed by atoms with Gasteiger partial charge in [-0.15, -0.1) is 0 Å². The zero-order valence-corrected chi connectivity index (χ0v) is 13.9. The maximum absolute atomic E-state index is 13.0. The Morgan fingerprint density at radius 2 is 2.12 bits per heavy atom. The summed E-state index contributed by atoms with van der Waals surface area (Å²) < 4.78 is 7.16. The van der Waals surface area contributed by atoms with Crippen LogP contribution < -0.4 is 5.32 Å². The van der Waals surface area contributed by atoms with Crippen LogP contribution in [0.25, 0.3) is 0 Å². The van der Waals surface area contributed by atoms with Crippen molar-refractivity contribution in [3.8, 4) is 0 Å². The highest BCUT2D eigenvalue weighted by molar-refractivity contribution is 5.94. The second-order valence-corrected chi connectivity index (χ2v) is 6.13. The molecule has 3 heterocycles. The molecule has 1 aliphatic heterocycles. The van der Waals surface area contributed by atoms with Gasteiger partial charge in [0.05, 0.1) is 6.54 Å². The van der Waals surface area contributed by atoms with Gasteiger partial charge in [0, 0.05) is 31.5 Å². The van der Waals surface area contributed by atoms with Gasteiger partial charge in [-0.1, -0.05) is 35.5 Å². The van der Waals surface area contributed by atoms with E-state index in [4.69, 9.17) is 4.52 Å². The van der Waals surface area contributed by atoms with Crippen molar-refractivity contribution < 1.29 is 9.32 Å². The summed E-state index contributed by atoms with van der Waals surface area (Å²) in [5.74, 6) is 1.94. The molecule has 0 spiro atoms. The van der Waals surface area contributed by atoms with Crippen LogP contribution in [0.15, 0.2) is 53.3 Å². The number of imidazole rings is 1. The van der Waals surface area contributed by atoms with E-state index >= 15 is 0 Å². The lowest BCUT2D eigenvalue weighted by Crippen LogP contribution is -2.42. The number of nitrogens with one attached hydrogen (secondary N) is 1. The molecule has 1 atom stereocenters. The Kier molecular flexibility index (Phi) is 4.07. The highest BCUT2D eigenvalue weighted by Gasteiger charge is 2.31. The van der Waals surface area contributed by atoms with Gasteiger partial charge in [-0.25, -0.2) is 4.98 Å². The van der Waals surface area contributed by atoms with Crippen LogP contribution in [0.5, 0.6) is 0 Å². The first-order chi connectivity index (χ1) is 12.2. The molecule has 7 nitrogen and oxygen atoms in total. The molecule has 0 unspecified atom stereocenters. The van der Waals surface area contributed by atoms with E-state index in [0.717, 1.165) is 24.5 Å². The summed E-state index contributed by atoms with van der Waals surface area (Å²) in [6.45, 7) is 4.00. The van der Waals surface area contributed by atoms with E-state index in [-0.39, 0.29) is 5.91 Å². The normalized spacial score (nSPS) is 15.6. The van der Waals surface area contributed by atoms with Crippen molar-refractivity contribution >= 4 is 11.7 Å². The second kappa shape index (κ2) is 6.52. The number of fused-ring (bicyclic) bond motifs is 1. The molecule has 0 saturated carbocycles. The Morgan fingerprint density at radius 1 is 1.28 bits per heavy atom. The quantitative estimate of drug-likeness (QED) is 0.791. The smallest absolute Gasteiger partial charge is 0.247 e. The molecule has 1 aromatic carbocycles. The molecule has 7 heteroatoms. The van der Waals surface area contributed by atoms with E-state index in [1.165, 1.54) is 0 Å². The molecule has 1 N–H and O–H groups in total. The summed E-state index contributed by atoms with van der Waals surface area (Å²) in [6, 6.07) is 11.1. The maximum Gasteiger partial charge on any atom is 0.247 e. The third-order valence-corrected chi connectivity index (χ3v) is 4.38. The molecular formula is C18H19N5O2. The maximum atomic E-state index is 13.0. The van der Waals surface area contributed by atoms with Crippen molar-refractivity contribution in [1.29, 1.82) is 0 Å². The highest BCUT2D eigenvalue weighted by atomic mass is 16.5. The van der Waals surface area contributed by atoms with Crippen LogP contribution in [0.3, 0.4) is 0 Å². The first kappa shape index (κ1) is 15.6. The minimum atomic E-state index is -0.413. The number of benzene rings is 1. The summed E-state index contributed by atoms with van der Waals surface area (Å²) in [7, 11) is 0. The Labute approximate surface area is 145 Å². The van der Waals surface area contributed by atoms with Gasteiger partial charge < -0.3 is 14.4 Å². The molecule has 0 bridgehead atoms. The van der Waals surface area contributed by atoms with Crippen molar-refractivity contribution in [2.75, 3.05) is 11.9 Å². The van der Waals surface area contributed by atoms with Crippen molar-refractivity contribution in [2.45, 2.75) is 26.1 Å². The first-order valence-corrected chi connectivity index (χ1v) is 8.24. The number of amides is 1. The van der Waals surface area contributed by atoms with E-state index in [9.17, 15) is 4.79 Å².